The second kappa shape index (κ2) is 8.89. The van der Waals surface area contributed by atoms with Gasteiger partial charge in [-0.3, -0.25) is 4.79 Å². The number of ether oxygens (including phenoxy) is 2. The maximum atomic E-state index is 12.8. The van der Waals surface area contributed by atoms with E-state index in [-0.39, 0.29) is 11.8 Å². The third kappa shape index (κ3) is 4.02. The number of methoxy groups -OCH3 is 1. The fraction of sp³-hybridized carbons (Fsp3) is 0.273. The van der Waals surface area contributed by atoms with Crippen molar-refractivity contribution >= 4 is 39.0 Å². The van der Waals surface area contributed by atoms with Crippen molar-refractivity contribution in [1.82, 2.24) is 0 Å². The molecule has 28 heavy (non-hydrogen) atoms. The summed E-state index contributed by atoms with van der Waals surface area (Å²) in [5.41, 5.74) is 1.66. The molecule has 1 heterocycles. The fourth-order valence-electron chi connectivity index (χ4n) is 3.15. The SMILES string of the molecule is CCOc1c(C(=O)OC)sc2ccc(NC(=O)C(CC)c3ccccc3)cc12. The minimum Gasteiger partial charge on any atom is -0.491 e. The van der Waals surface area contributed by atoms with Gasteiger partial charge in [-0.15, -0.1) is 11.3 Å². The number of carbonyl (C=O) groups excluding carboxylic acids is 2. The quantitative estimate of drug-likeness (QED) is 0.555. The lowest BCUT2D eigenvalue weighted by molar-refractivity contribution is -0.117. The van der Waals surface area contributed by atoms with E-state index in [0.29, 0.717) is 29.3 Å². The Kier molecular flexibility index (Phi) is 6.31. The molecule has 0 aliphatic rings. The number of fused-ring (bicyclic) bond motifs is 1. The van der Waals surface area contributed by atoms with Crippen molar-refractivity contribution in [3.8, 4) is 5.75 Å². The van der Waals surface area contributed by atoms with Crippen LogP contribution in [0.3, 0.4) is 0 Å². The monoisotopic (exact) mass is 397 g/mol. The van der Waals surface area contributed by atoms with Gasteiger partial charge >= 0.3 is 5.97 Å². The van der Waals surface area contributed by atoms with Crippen molar-refractivity contribution in [2.24, 2.45) is 0 Å². The number of amides is 1. The molecular formula is C22H23NO4S. The molecule has 1 amide bonds. The van der Waals surface area contributed by atoms with Gasteiger partial charge in [0.05, 0.1) is 19.6 Å². The Morgan fingerprint density at radius 2 is 1.86 bits per heavy atom. The first-order valence-electron chi connectivity index (χ1n) is 9.22. The van der Waals surface area contributed by atoms with Crippen LogP contribution >= 0.6 is 11.3 Å². The molecule has 0 aliphatic carbocycles. The number of nitrogens with one attached hydrogen (secondary N) is 1. The summed E-state index contributed by atoms with van der Waals surface area (Å²) in [5.74, 6) is -0.211. The number of hydrogen-bond donors (Lipinski definition) is 1. The molecule has 0 spiro atoms. The molecule has 0 bridgehead atoms. The highest BCUT2D eigenvalue weighted by Crippen LogP contribution is 2.39. The van der Waals surface area contributed by atoms with Gasteiger partial charge in [-0.05, 0) is 37.1 Å². The zero-order valence-corrected chi connectivity index (χ0v) is 17.0. The minimum absolute atomic E-state index is 0.0607. The molecule has 1 aromatic heterocycles. The second-order valence-electron chi connectivity index (χ2n) is 6.26. The highest BCUT2D eigenvalue weighted by atomic mass is 32.1. The first-order valence-corrected chi connectivity index (χ1v) is 10.0. The second-order valence-corrected chi connectivity index (χ2v) is 7.31. The lowest BCUT2D eigenvalue weighted by Gasteiger charge is -2.15. The van der Waals surface area contributed by atoms with Crippen LogP contribution < -0.4 is 10.1 Å². The number of benzene rings is 2. The summed E-state index contributed by atoms with van der Waals surface area (Å²) in [5, 5.41) is 3.79. The van der Waals surface area contributed by atoms with Crippen LogP contribution in [0.25, 0.3) is 10.1 Å². The summed E-state index contributed by atoms with van der Waals surface area (Å²) in [6.45, 7) is 4.29. The van der Waals surface area contributed by atoms with E-state index in [9.17, 15) is 9.59 Å². The molecule has 146 valence electrons. The lowest BCUT2D eigenvalue weighted by atomic mass is 9.95. The molecule has 0 fully saturated rings. The van der Waals surface area contributed by atoms with Gasteiger partial charge in [0, 0.05) is 15.8 Å². The Bertz CT molecular complexity index is 981. The molecule has 5 nitrogen and oxygen atoms in total. The molecule has 1 unspecified atom stereocenters. The number of hydrogen-bond acceptors (Lipinski definition) is 5. The number of carbonyl (C=O) groups is 2. The normalized spacial score (nSPS) is 11.8. The van der Waals surface area contributed by atoms with Gasteiger partial charge < -0.3 is 14.8 Å². The average Bonchev–Trinajstić information content (AvgIpc) is 3.07. The van der Waals surface area contributed by atoms with Gasteiger partial charge in [0.25, 0.3) is 0 Å². The van der Waals surface area contributed by atoms with Crippen molar-refractivity contribution in [1.29, 1.82) is 0 Å². The van der Waals surface area contributed by atoms with E-state index < -0.39 is 5.97 Å². The van der Waals surface area contributed by atoms with Crippen LogP contribution in [0.1, 0.15) is 41.4 Å². The molecular weight excluding hydrogens is 374 g/mol. The topological polar surface area (TPSA) is 64.6 Å². The maximum Gasteiger partial charge on any atom is 0.351 e. The van der Waals surface area contributed by atoms with Crippen molar-refractivity contribution in [2.45, 2.75) is 26.2 Å². The largest absolute Gasteiger partial charge is 0.491 e. The van der Waals surface area contributed by atoms with Crippen LogP contribution in [0.4, 0.5) is 5.69 Å². The minimum atomic E-state index is -0.426. The van der Waals surface area contributed by atoms with Crippen molar-refractivity contribution < 1.29 is 19.1 Å². The Balaban J connectivity index is 1.92. The molecule has 0 radical (unpaired) electrons. The highest BCUT2D eigenvalue weighted by molar-refractivity contribution is 7.21. The van der Waals surface area contributed by atoms with Crippen LogP contribution in [0.2, 0.25) is 0 Å². The summed E-state index contributed by atoms with van der Waals surface area (Å²) >= 11 is 1.32. The predicted octanol–water partition coefficient (Wildman–Crippen LogP) is 5.22. The Morgan fingerprint density at radius 3 is 2.50 bits per heavy atom. The molecule has 0 saturated heterocycles. The van der Waals surface area contributed by atoms with Crippen LogP contribution in [0.15, 0.2) is 48.5 Å². The van der Waals surface area contributed by atoms with E-state index in [4.69, 9.17) is 9.47 Å². The van der Waals surface area contributed by atoms with E-state index in [2.05, 4.69) is 5.32 Å². The standard InChI is InChI=1S/C22H23NO4S/c1-4-16(14-9-7-6-8-10-14)21(24)23-15-11-12-18-17(13-15)19(27-5-2)20(28-18)22(25)26-3/h6-13,16H,4-5H2,1-3H3,(H,23,24). The number of anilines is 1. The number of rotatable bonds is 7. The molecule has 6 heteroatoms. The Morgan fingerprint density at radius 1 is 1.11 bits per heavy atom. The predicted molar refractivity (Wildman–Crippen MR) is 112 cm³/mol. The summed E-state index contributed by atoms with van der Waals surface area (Å²) in [4.78, 5) is 25.3. The van der Waals surface area contributed by atoms with E-state index in [1.54, 1.807) is 0 Å². The van der Waals surface area contributed by atoms with E-state index in [1.807, 2.05) is 62.4 Å². The third-order valence-corrected chi connectivity index (χ3v) is 5.63. The molecule has 0 saturated carbocycles. The highest BCUT2D eigenvalue weighted by Gasteiger charge is 2.22. The van der Waals surface area contributed by atoms with Crippen molar-refractivity contribution in [2.75, 3.05) is 19.0 Å². The van der Waals surface area contributed by atoms with Crippen molar-refractivity contribution in [3.05, 3.63) is 59.0 Å². The zero-order valence-electron chi connectivity index (χ0n) is 16.2. The summed E-state index contributed by atoms with van der Waals surface area (Å²) in [6.07, 6.45) is 0.702. The van der Waals surface area contributed by atoms with Gasteiger partial charge in [0.15, 0.2) is 10.6 Å². The first-order chi connectivity index (χ1) is 13.6. The lowest BCUT2D eigenvalue weighted by Crippen LogP contribution is -2.20. The Labute approximate surface area is 168 Å². The molecule has 0 aliphatic heterocycles. The maximum absolute atomic E-state index is 12.8. The average molecular weight is 397 g/mol. The third-order valence-electron chi connectivity index (χ3n) is 4.50. The molecule has 3 aromatic rings. The van der Waals surface area contributed by atoms with Crippen LogP contribution in [0.5, 0.6) is 5.75 Å². The summed E-state index contributed by atoms with van der Waals surface area (Å²) in [7, 11) is 1.35. The van der Waals surface area contributed by atoms with E-state index in [0.717, 1.165) is 15.6 Å². The van der Waals surface area contributed by atoms with Gasteiger partial charge in [-0.1, -0.05) is 37.3 Å². The van der Waals surface area contributed by atoms with Crippen LogP contribution in [0, 0.1) is 0 Å². The summed E-state index contributed by atoms with van der Waals surface area (Å²) < 4.78 is 11.5. The van der Waals surface area contributed by atoms with Crippen LogP contribution in [-0.2, 0) is 9.53 Å². The number of thiophene rings is 1. The van der Waals surface area contributed by atoms with Crippen LogP contribution in [-0.4, -0.2) is 25.6 Å². The van der Waals surface area contributed by atoms with E-state index >= 15 is 0 Å². The van der Waals surface area contributed by atoms with Gasteiger partial charge in [0.2, 0.25) is 5.91 Å². The van der Waals surface area contributed by atoms with Gasteiger partial charge in [-0.2, -0.15) is 0 Å². The molecule has 2 aromatic carbocycles. The molecule has 3 rings (SSSR count). The zero-order chi connectivity index (χ0) is 20.1. The van der Waals surface area contributed by atoms with Gasteiger partial charge in [-0.25, -0.2) is 4.79 Å². The Hall–Kier alpha value is -2.86. The van der Waals surface area contributed by atoms with Gasteiger partial charge in [0.1, 0.15) is 0 Å². The molecule has 1 atom stereocenters. The van der Waals surface area contributed by atoms with Crippen molar-refractivity contribution in [3.63, 3.8) is 0 Å². The summed E-state index contributed by atoms with van der Waals surface area (Å²) in [6, 6.07) is 15.3. The molecule has 1 N–H and O–H groups in total. The number of esters is 1. The first kappa shape index (κ1) is 19.9. The fourth-order valence-corrected chi connectivity index (χ4v) is 4.20. The smallest absolute Gasteiger partial charge is 0.351 e. The van der Waals surface area contributed by atoms with E-state index in [1.165, 1.54) is 18.4 Å².